The Kier molecular flexibility index (Phi) is 3.75. The minimum Gasteiger partial charge on any atom is -0.495 e. The number of carboxylic acid groups (broad SMARTS) is 1. The second-order valence-corrected chi connectivity index (χ2v) is 6.84. The molecule has 0 amide bonds. The van der Waals surface area contributed by atoms with Crippen LogP contribution in [-0.4, -0.2) is 32.1 Å². The van der Waals surface area contributed by atoms with Crippen molar-refractivity contribution in [2.24, 2.45) is 0 Å². The number of carbonyl (C=O) groups is 1. The maximum atomic E-state index is 12.4. The quantitative estimate of drug-likeness (QED) is 0.861. The molecule has 2 rings (SSSR count). The SMILES string of the molecule is COc1cc(C(=O)O)ccc1S(=O)(=O)NC1(C)CCC1. The van der Waals surface area contributed by atoms with Crippen molar-refractivity contribution in [3.05, 3.63) is 23.8 Å². The summed E-state index contributed by atoms with van der Waals surface area (Å²) in [6.07, 6.45) is 2.58. The van der Waals surface area contributed by atoms with Gasteiger partial charge in [0.25, 0.3) is 0 Å². The maximum Gasteiger partial charge on any atom is 0.335 e. The molecule has 0 radical (unpaired) electrons. The molecule has 110 valence electrons. The summed E-state index contributed by atoms with van der Waals surface area (Å²) < 4.78 is 32.4. The molecule has 2 N–H and O–H groups in total. The number of sulfonamides is 1. The average Bonchev–Trinajstić information content (AvgIpc) is 2.35. The fraction of sp³-hybridized carbons (Fsp3) is 0.462. The molecule has 1 aromatic carbocycles. The Hall–Kier alpha value is -1.60. The van der Waals surface area contributed by atoms with Gasteiger partial charge in [-0.25, -0.2) is 17.9 Å². The summed E-state index contributed by atoms with van der Waals surface area (Å²) in [5.74, 6) is -1.11. The highest BCUT2D eigenvalue weighted by molar-refractivity contribution is 7.89. The normalized spacial score (nSPS) is 17.3. The van der Waals surface area contributed by atoms with Crippen molar-refractivity contribution >= 4 is 16.0 Å². The van der Waals surface area contributed by atoms with Gasteiger partial charge in [0.2, 0.25) is 10.0 Å². The molecule has 1 aliphatic rings. The molecule has 0 bridgehead atoms. The van der Waals surface area contributed by atoms with E-state index in [0.29, 0.717) is 0 Å². The maximum absolute atomic E-state index is 12.4. The van der Waals surface area contributed by atoms with Crippen molar-refractivity contribution in [3.8, 4) is 5.75 Å². The molecule has 20 heavy (non-hydrogen) atoms. The molecule has 1 aliphatic carbocycles. The minimum absolute atomic E-state index is 0.0179. The van der Waals surface area contributed by atoms with Crippen molar-refractivity contribution in [2.45, 2.75) is 36.6 Å². The van der Waals surface area contributed by atoms with Crippen molar-refractivity contribution in [2.75, 3.05) is 7.11 Å². The lowest BCUT2D eigenvalue weighted by Crippen LogP contribution is -2.50. The highest BCUT2D eigenvalue weighted by Crippen LogP contribution is 2.34. The summed E-state index contributed by atoms with van der Waals surface area (Å²) >= 11 is 0. The highest BCUT2D eigenvalue weighted by Gasteiger charge is 2.37. The van der Waals surface area contributed by atoms with Gasteiger partial charge in [0.15, 0.2) is 0 Å². The number of nitrogens with one attached hydrogen (secondary N) is 1. The van der Waals surface area contributed by atoms with Gasteiger partial charge in [-0.2, -0.15) is 0 Å². The van der Waals surface area contributed by atoms with E-state index in [-0.39, 0.29) is 16.2 Å². The summed E-state index contributed by atoms with van der Waals surface area (Å²) in [4.78, 5) is 10.9. The van der Waals surface area contributed by atoms with Gasteiger partial charge in [0, 0.05) is 5.54 Å². The Morgan fingerprint density at radius 3 is 2.50 bits per heavy atom. The molecule has 0 saturated heterocycles. The summed E-state index contributed by atoms with van der Waals surface area (Å²) in [7, 11) is -2.42. The van der Waals surface area contributed by atoms with Crippen LogP contribution < -0.4 is 9.46 Å². The van der Waals surface area contributed by atoms with Gasteiger partial charge in [-0.15, -0.1) is 0 Å². The second kappa shape index (κ2) is 5.06. The molecular formula is C13H17NO5S. The van der Waals surface area contributed by atoms with Crippen molar-refractivity contribution < 1.29 is 23.1 Å². The number of aromatic carboxylic acids is 1. The van der Waals surface area contributed by atoms with Crippen molar-refractivity contribution in [1.29, 1.82) is 0 Å². The monoisotopic (exact) mass is 299 g/mol. The van der Waals surface area contributed by atoms with Gasteiger partial charge in [0.1, 0.15) is 10.6 Å². The van der Waals surface area contributed by atoms with Crippen LogP contribution in [0.2, 0.25) is 0 Å². The molecule has 0 spiro atoms. The van der Waals surface area contributed by atoms with E-state index in [1.54, 1.807) is 0 Å². The van der Waals surface area contributed by atoms with Crippen LogP contribution in [0.4, 0.5) is 0 Å². The van der Waals surface area contributed by atoms with E-state index in [9.17, 15) is 13.2 Å². The van der Waals surface area contributed by atoms with E-state index in [4.69, 9.17) is 9.84 Å². The van der Waals surface area contributed by atoms with Crippen molar-refractivity contribution in [3.63, 3.8) is 0 Å². The molecule has 1 saturated carbocycles. The Balaban J connectivity index is 2.38. The third-order valence-corrected chi connectivity index (χ3v) is 5.22. The second-order valence-electron chi connectivity index (χ2n) is 5.19. The van der Waals surface area contributed by atoms with E-state index < -0.39 is 21.5 Å². The Bertz CT molecular complexity index is 634. The zero-order valence-electron chi connectivity index (χ0n) is 11.3. The number of rotatable bonds is 5. The standard InChI is InChI=1S/C13H17NO5S/c1-13(6-3-7-13)14-20(17,18)11-5-4-9(12(15)16)8-10(11)19-2/h4-5,8,14H,3,6-7H2,1-2H3,(H,15,16). The molecule has 0 atom stereocenters. The summed E-state index contributed by atoms with van der Waals surface area (Å²) in [5, 5.41) is 8.91. The number of benzene rings is 1. The Morgan fingerprint density at radius 1 is 1.40 bits per heavy atom. The van der Waals surface area contributed by atoms with Crippen LogP contribution in [0.3, 0.4) is 0 Å². The fourth-order valence-electron chi connectivity index (χ4n) is 2.21. The Labute approximate surface area is 117 Å². The lowest BCUT2D eigenvalue weighted by molar-refractivity contribution is 0.0696. The number of hydrogen-bond donors (Lipinski definition) is 2. The third-order valence-electron chi connectivity index (χ3n) is 3.54. The predicted octanol–water partition coefficient (Wildman–Crippen LogP) is 1.61. The fourth-order valence-corrected chi connectivity index (χ4v) is 3.83. The first-order valence-electron chi connectivity index (χ1n) is 6.23. The van der Waals surface area contributed by atoms with Crippen LogP contribution in [0.25, 0.3) is 0 Å². The molecule has 0 aliphatic heterocycles. The molecule has 1 fully saturated rings. The van der Waals surface area contributed by atoms with Crippen LogP contribution >= 0.6 is 0 Å². The molecular weight excluding hydrogens is 282 g/mol. The van der Waals surface area contributed by atoms with Crippen LogP contribution in [0.1, 0.15) is 36.5 Å². The van der Waals surface area contributed by atoms with E-state index in [1.807, 2.05) is 6.92 Å². The van der Waals surface area contributed by atoms with Gasteiger partial charge in [0.05, 0.1) is 12.7 Å². The third kappa shape index (κ3) is 2.78. The van der Waals surface area contributed by atoms with Crippen LogP contribution in [0, 0.1) is 0 Å². The van der Waals surface area contributed by atoms with Crippen LogP contribution in [-0.2, 0) is 10.0 Å². The van der Waals surface area contributed by atoms with Gasteiger partial charge in [-0.1, -0.05) is 0 Å². The zero-order valence-corrected chi connectivity index (χ0v) is 12.2. The zero-order chi connectivity index (χ0) is 15.0. The number of carboxylic acids is 1. The first-order chi connectivity index (χ1) is 9.27. The summed E-state index contributed by atoms with van der Waals surface area (Å²) in [5.41, 5.74) is -0.439. The Morgan fingerprint density at radius 2 is 2.05 bits per heavy atom. The molecule has 0 heterocycles. The lowest BCUT2D eigenvalue weighted by atomic mass is 9.80. The molecule has 7 heteroatoms. The van der Waals surface area contributed by atoms with Crippen LogP contribution in [0.15, 0.2) is 23.1 Å². The predicted molar refractivity (Wildman–Crippen MR) is 72.5 cm³/mol. The number of hydrogen-bond acceptors (Lipinski definition) is 4. The first-order valence-corrected chi connectivity index (χ1v) is 7.71. The van der Waals surface area contributed by atoms with E-state index >= 15 is 0 Å². The van der Waals surface area contributed by atoms with Crippen LogP contribution in [0.5, 0.6) is 5.75 Å². The van der Waals surface area contributed by atoms with Gasteiger partial charge < -0.3 is 9.84 Å². The van der Waals surface area contributed by atoms with E-state index in [2.05, 4.69) is 4.72 Å². The lowest BCUT2D eigenvalue weighted by Gasteiger charge is -2.38. The highest BCUT2D eigenvalue weighted by atomic mass is 32.2. The van der Waals surface area contributed by atoms with E-state index in [1.165, 1.54) is 25.3 Å². The van der Waals surface area contributed by atoms with Crippen molar-refractivity contribution in [1.82, 2.24) is 4.72 Å². The van der Waals surface area contributed by atoms with Gasteiger partial charge in [-0.3, -0.25) is 0 Å². The molecule has 0 unspecified atom stereocenters. The topological polar surface area (TPSA) is 92.7 Å². The summed E-state index contributed by atoms with van der Waals surface area (Å²) in [6.45, 7) is 1.85. The first kappa shape index (κ1) is 14.8. The molecule has 1 aromatic rings. The average molecular weight is 299 g/mol. The largest absolute Gasteiger partial charge is 0.495 e. The summed E-state index contributed by atoms with van der Waals surface area (Å²) in [6, 6.07) is 3.72. The van der Waals surface area contributed by atoms with Gasteiger partial charge >= 0.3 is 5.97 Å². The smallest absolute Gasteiger partial charge is 0.335 e. The van der Waals surface area contributed by atoms with E-state index in [0.717, 1.165) is 19.3 Å². The molecule has 0 aromatic heterocycles. The molecule has 6 nitrogen and oxygen atoms in total. The van der Waals surface area contributed by atoms with Gasteiger partial charge in [-0.05, 0) is 44.4 Å². The number of ether oxygens (including phenoxy) is 1. The minimum atomic E-state index is -3.73. The number of methoxy groups -OCH3 is 1.